The molecule has 3 aromatic carbocycles. The number of rotatable bonds is 2. The maximum absolute atomic E-state index is 5.94. The third-order valence-corrected chi connectivity index (χ3v) is 3.21. The van der Waals surface area contributed by atoms with Gasteiger partial charge in [0.15, 0.2) is 0 Å². The second-order valence-electron chi connectivity index (χ2n) is 4.54. The first-order chi connectivity index (χ1) is 9.34. The van der Waals surface area contributed by atoms with E-state index in [0.29, 0.717) is 0 Å². The molecule has 0 unspecified atom stereocenters. The topological polar surface area (TPSA) is 26.0 Å². The quantitative estimate of drug-likeness (QED) is 0.656. The van der Waals surface area contributed by atoms with Crippen LogP contribution in [0.5, 0.6) is 0 Å². The van der Waals surface area contributed by atoms with Crippen LogP contribution in [0.2, 0.25) is 0 Å². The first kappa shape index (κ1) is 11.5. The van der Waals surface area contributed by atoms with Crippen LogP contribution in [0.25, 0.3) is 22.3 Å². The second-order valence-corrected chi connectivity index (χ2v) is 4.54. The summed E-state index contributed by atoms with van der Waals surface area (Å²) in [6.45, 7) is 0. The van der Waals surface area contributed by atoms with Crippen LogP contribution in [0.1, 0.15) is 0 Å². The molecular weight excluding hydrogens is 230 g/mol. The summed E-state index contributed by atoms with van der Waals surface area (Å²) in [5.41, 5.74) is 11.5. The molecule has 1 nitrogen and oxygen atoms in total. The average molecular weight is 245 g/mol. The number of hydrogen-bond acceptors (Lipinski definition) is 1. The van der Waals surface area contributed by atoms with E-state index in [2.05, 4.69) is 42.5 Å². The minimum Gasteiger partial charge on any atom is -0.399 e. The van der Waals surface area contributed by atoms with Crippen LogP contribution in [-0.4, -0.2) is 0 Å². The maximum Gasteiger partial charge on any atom is 0.0320 e. The number of benzene rings is 3. The van der Waals surface area contributed by atoms with E-state index in [1.807, 2.05) is 36.4 Å². The highest BCUT2D eigenvalue weighted by molar-refractivity contribution is 5.85. The van der Waals surface area contributed by atoms with Gasteiger partial charge in [0.05, 0.1) is 0 Å². The van der Waals surface area contributed by atoms with Crippen molar-refractivity contribution in [3.05, 3.63) is 78.9 Å². The monoisotopic (exact) mass is 245 g/mol. The lowest BCUT2D eigenvalue weighted by molar-refractivity contribution is 1.58. The van der Waals surface area contributed by atoms with Crippen molar-refractivity contribution in [2.75, 3.05) is 5.73 Å². The zero-order valence-electron chi connectivity index (χ0n) is 10.6. The van der Waals surface area contributed by atoms with Crippen LogP contribution in [0.15, 0.2) is 78.9 Å². The highest BCUT2D eigenvalue weighted by Crippen LogP contribution is 2.33. The first-order valence-electron chi connectivity index (χ1n) is 6.35. The second kappa shape index (κ2) is 4.99. The van der Waals surface area contributed by atoms with Gasteiger partial charge in [-0.15, -0.1) is 0 Å². The van der Waals surface area contributed by atoms with Crippen LogP contribution in [0, 0.1) is 0 Å². The molecule has 0 amide bonds. The molecule has 3 aromatic rings. The minimum atomic E-state index is 0.790. The number of anilines is 1. The van der Waals surface area contributed by atoms with Crippen molar-refractivity contribution in [2.24, 2.45) is 0 Å². The van der Waals surface area contributed by atoms with Gasteiger partial charge in [-0.2, -0.15) is 0 Å². The van der Waals surface area contributed by atoms with Gasteiger partial charge in [-0.05, 0) is 34.4 Å². The molecule has 92 valence electrons. The van der Waals surface area contributed by atoms with E-state index in [1.165, 1.54) is 22.3 Å². The molecule has 0 saturated heterocycles. The van der Waals surface area contributed by atoms with Crippen molar-refractivity contribution in [3.8, 4) is 22.3 Å². The van der Waals surface area contributed by atoms with E-state index in [0.717, 1.165) is 5.69 Å². The summed E-state index contributed by atoms with van der Waals surface area (Å²) in [6.07, 6.45) is 0. The molecule has 0 saturated carbocycles. The van der Waals surface area contributed by atoms with Crippen molar-refractivity contribution >= 4 is 5.69 Å². The lowest BCUT2D eigenvalue weighted by atomic mass is 9.94. The molecule has 0 spiro atoms. The van der Waals surface area contributed by atoms with Gasteiger partial charge in [0.2, 0.25) is 0 Å². The molecule has 19 heavy (non-hydrogen) atoms. The molecular formula is C18H15N. The van der Waals surface area contributed by atoms with E-state index < -0.39 is 0 Å². The zero-order chi connectivity index (χ0) is 13.1. The standard InChI is InChI=1S/C18H15N/c19-16-11-12-17(14-7-3-1-4-8-14)18(13-16)15-9-5-2-6-10-15/h1-13H,19H2. The number of nitrogens with two attached hydrogens (primary N) is 1. The van der Waals surface area contributed by atoms with Crippen LogP contribution >= 0.6 is 0 Å². The minimum absolute atomic E-state index is 0.790. The van der Waals surface area contributed by atoms with Crippen LogP contribution < -0.4 is 5.73 Å². The Labute approximate surface area is 113 Å². The third kappa shape index (κ3) is 2.36. The number of hydrogen-bond donors (Lipinski definition) is 1. The molecule has 0 fully saturated rings. The molecule has 0 aliphatic rings. The summed E-state index contributed by atoms with van der Waals surface area (Å²) < 4.78 is 0. The van der Waals surface area contributed by atoms with Gasteiger partial charge in [-0.1, -0.05) is 66.7 Å². The molecule has 1 heteroatoms. The summed E-state index contributed by atoms with van der Waals surface area (Å²) in [5.74, 6) is 0. The Bertz CT molecular complexity index is 673. The smallest absolute Gasteiger partial charge is 0.0320 e. The van der Waals surface area contributed by atoms with E-state index in [9.17, 15) is 0 Å². The lowest BCUT2D eigenvalue weighted by Gasteiger charge is -2.11. The Balaban J connectivity index is 2.21. The van der Waals surface area contributed by atoms with E-state index in [-0.39, 0.29) is 0 Å². The fourth-order valence-electron chi connectivity index (χ4n) is 2.29. The Hall–Kier alpha value is -2.54. The van der Waals surface area contributed by atoms with Gasteiger partial charge in [0.1, 0.15) is 0 Å². The molecule has 2 N–H and O–H groups in total. The molecule has 0 aromatic heterocycles. The van der Waals surface area contributed by atoms with Crippen LogP contribution in [-0.2, 0) is 0 Å². The molecule has 0 aliphatic heterocycles. The Kier molecular flexibility index (Phi) is 3.03. The molecule has 0 aliphatic carbocycles. The SMILES string of the molecule is Nc1ccc(-c2ccccc2)c(-c2ccccc2)c1. The molecule has 0 radical (unpaired) electrons. The van der Waals surface area contributed by atoms with Crippen molar-refractivity contribution in [2.45, 2.75) is 0 Å². The van der Waals surface area contributed by atoms with Crippen LogP contribution in [0.3, 0.4) is 0 Å². The lowest BCUT2D eigenvalue weighted by Crippen LogP contribution is -1.89. The molecule has 0 bridgehead atoms. The van der Waals surface area contributed by atoms with Crippen LogP contribution in [0.4, 0.5) is 5.69 Å². The van der Waals surface area contributed by atoms with Crippen molar-refractivity contribution in [1.82, 2.24) is 0 Å². The molecule has 3 rings (SSSR count). The third-order valence-electron chi connectivity index (χ3n) is 3.21. The van der Waals surface area contributed by atoms with E-state index in [1.54, 1.807) is 0 Å². The van der Waals surface area contributed by atoms with Gasteiger partial charge in [-0.3, -0.25) is 0 Å². The number of nitrogen functional groups attached to an aromatic ring is 1. The predicted molar refractivity (Wildman–Crippen MR) is 81.7 cm³/mol. The predicted octanol–water partition coefficient (Wildman–Crippen LogP) is 4.60. The van der Waals surface area contributed by atoms with Crippen molar-refractivity contribution in [1.29, 1.82) is 0 Å². The van der Waals surface area contributed by atoms with Gasteiger partial charge in [0.25, 0.3) is 0 Å². The highest BCUT2D eigenvalue weighted by Gasteiger charge is 2.07. The largest absolute Gasteiger partial charge is 0.399 e. The van der Waals surface area contributed by atoms with Crippen molar-refractivity contribution in [3.63, 3.8) is 0 Å². The van der Waals surface area contributed by atoms with Gasteiger partial charge in [0, 0.05) is 5.69 Å². The van der Waals surface area contributed by atoms with Crippen molar-refractivity contribution < 1.29 is 0 Å². The Morgan fingerprint density at radius 1 is 0.526 bits per heavy atom. The summed E-state index contributed by atoms with van der Waals surface area (Å²) in [6, 6.07) is 26.8. The molecule has 0 atom stereocenters. The summed E-state index contributed by atoms with van der Waals surface area (Å²) >= 11 is 0. The van der Waals surface area contributed by atoms with Gasteiger partial charge >= 0.3 is 0 Å². The highest BCUT2D eigenvalue weighted by atomic mass is 14.5. The Morgan fingerprint density at radius 2 is 1.05 bits per heavy atom. The summed E-state index contributed by atoms with van der Waals surface area (Å²) in [7, 11) is 0. The average Bonchev–Trinajstić information content (AvgIpc) is 2.49. The summed E-state index contributed by atoms with van der Waals surface area (Å²) in [5, 5.41) is 0. The fraction of sp³-hybridized carbons (Fsp3) is 0. The Morgan fingerprint density at radius 3 is 1.63 bits per heavy atom. The normalized spacial score (nSPS) is 10.3. The first-order valence-corrected chi connectivity index (χ1v) is 6.35. The summed E-state index contributed by atoms with van der Waals surface area (Å²) in [4.78, 5) is 0. The van der Waals surface area contributed by atoms with Gasteiger partial charge < -0.3 is 5.73 Å². The maximum atomic E-state index is 5.94. The van der Waals surface area contributed by atoms with E-state index in [4.69, 9.17) is 5.73 Å². The molecule has 0 heterocycles. The zero-order valence-corrected chi connectivity index (χ0v) is 10.6. The van der Waals surface area contributed by atoms with Gasteiger partial charge in [-0.25, -0.2) is 0 Å². The van der Waals surface area contributed by atoms with E-state index >= 15 is 0 Å². The fourth-order valence-corrected chi connectivity index (χ4v) is 2.29.